The third kappa shape index (κ3) is 5.97. The molecule has 5 nitrogen and oxygen atoms in total. The molecule has 0 unspecified atom stereocenters. The van der Waals surface area contributed by atoms with Crippen molar-refractivity contribution in [2.75, 3.05) is 19.7 Å². The molecule has 0 saturated carbocycles. The molecular formula is C18H23ClN2O3S. The minimum absolute atomic E-state index is 0.0741. The topological polar surface area (TPSA) is 58.6 Å². The van der Waals surface area contributed by atoms with Crippen LogP contribution in [-0.2, 0) is 20.7 Å². The van der Waals surface area contributed by atoms with Crippen molar-refractivity contribution >= 4 is 40.8 Å². The van der Waals surface area contributed by atoms with E-state index in [4.69, 9.17) is 28.6 Å². The summed E-state index contributed by atoms with van der Waals surface area (Å²) < 4.78 is 5.05. The van der Waals surface area contributed by atoms with Crippen LogP contribution in [0.4, 0.5) is 0 Å². The van der Waals surface area contributed by atoms with Gasteiger partial charge in [0.15, 0.2) is 5.11 Å². The van der Waals surface area contributed by atoms with Crippen LogP contribution in [0.1, 0.15) is 31.7 Å². The molecular weight excluding hydrogens is 360 g/mol. The van der Waals surface area contributed by atoms with Crippen molar-refractivity contribution in [2.24, 2.45) is 5.92 Å². The van der Waals surface area contributed by atoms with Crippen LogP contribution in [0, 0.1) is 5.92 Å². The maximum atomic E-state index is 12.1. The Labute approximate surface area is 158 Å². The number of likely N-dealkylation sites (tertiary alicyclic amines) is 1. The molecule has 1 aromatic rings. The number of carbonyl (C=O) groups excluding carboxylic acids is 2. The molecule has 0 radical (unpaired) electrons. The summed E-state index contributed by atoms with van der Waals surface area (Å²) in [7, 11) is 0. The van der Waals surface area contributed by atoms with E-state index in [0.29, 0.717) is 55.5 Å². The third-order valence-electron chi connectivity index (χ3n) is 4.23. The van der Waals surface area contributed by atoms with Crippen LogP contribution in [0.25, 0.3) is 0 Å². The van der Waals surface area contributed by atoms with Gasteiger partial charge in [-0.25, -0.2) is 0 Å². The monoisotopic (exact) mass is 382 g/mol. The minimum atomic E-state index is -0.142. The van der Waals surface area contributed by atoms with E-state index >= 15 is 0 Å². The number of hydrogen-bond acceptors (Lipinski definition) is 4. The number of amides is 1. The molecule has 1 heterocycles. The summed E-state index contributed by atoms with van der Waals surface area (Å²) in [6.45, 7) is 3.50. The van der Waals surface area contributed by atoms with Crippen LogP contribution in [0.15, 0.2) is 24.3 Å². The summed E-state index contributed by atoms with van der Waals surface area (Å²) in [6.07, 6.45) is 2.27. The lowest BCUT2D eigenvalue weighted by Crippen LogP contribution is -2.47. The first kappa shape index (κ1) is 19.7. The standard InChI is InChI=1S/C18H23ClN2O3S/c1-2-24-17(23)14-9-11-21(12-10-14)18(25)20-16(22)8-7-13-5-3-4-6-15(13)19/h3-6,14H,2,7-12H2,1H3,(H,20,22,25). The smallest absolute Gasteiger partial charge is 0.309 e. The van der Waals surface area contributed by atoms with Gasteiger partial charge >= 0.3 is 5.97 Å². The number of esters is 1. The Balaban J connectivity index is 1.74. The molecule has 1 fully saturated rings. The summed E-state index contributed by atoms with van der Waals surface area (Å²) >= 11 is 11.4. The fraction of sp³-hybridized carbons (Fsp3) is 0.500. The van der Waals surface area contributed by atoms with Gasteiger partial charge in [0.25, 0.3) is 0 Å². The van der Waals surface area contributed by atoms with Crippen LogP contribution in [0.3, 0.4) is 0 Å². The van der Waals surface area contributed by atoms with Gasteiger partial charge in [0.05, 0.1) is 12.5 Å². The molecule has 1 saturated heterocycles. The predicted octanol–water partition coefficient (Wildman–Crippen LogP) is 2.95. The zero-order chi connectivity index (χ0) is 18.2. The van der Waals surface area contributed by atoms with E-state index < -0.39 is 0 Å². The lowest BCUT2D eigenvalue weighted by Gasteiger charge is -2.32. The van der Waals surface area contributed by atoms with E-state index in [1.165, 1.54) is 0 Å². The molecule has 2 rings (SSSR count). The number of thiocarbonyl (C=S) groups is 1. The Morgan fingerprint density at radius 3 is 2.64 bits per heavy atom. The van der Waals surface area contributed by atoms with Crippen molar-refractivity contribution in [3.63, 3.8) is 0 Å². The molecule has 0 spiro atoms. The van der Waals surface area contributed by atoms with E-state index in [2.05, 4.69) is 5.32 Å². The second kappa shape index (κ2) is 9.73. The van der Waals surface area contributed by atoms with E-state index in [9.17, 15) is 9.59 Å². The third-order valence-corrected chi connectivity index (χ3v) is 4.96. The second-order valence-electron chi connectivity index (χ2n) is 5.96. The maximum Gasteiger partial charge on any atom is 0.309 e. The molecule has 1 N–H and O–H groups in total. The van der Waals surface area contributed by atoms with Crippen molar-refractivity contribution in [3.8, 4) is 0 Å². The number of hydrogen-bond donors (Lipinski definition) is 1. The SMILES string of the molecule is CCOC(=O)C1CCN(C(=S)NC(=O)CCc2ccccc2Cl)CC1. The molecule has 1 aliphatic rings. The lowest BCUT2D eigenvalue weighted by atomic mass is 9.97. The Morgan fingerprint density at radius 1 is 1.32 bits per heavy atom. The lowest BCUT2D eigenvalue weighted by molar-refractivity contribution is -0.149. The number of aryl methyl sites for hydroxylation is 1. The molecule has 1 amide bonds. The van der Waals surface area contributed by atoms with Crippen LogP contribution < -0.4 is 5.32 Å². The molecule has 0 aliphatic carbocycles. The van der Waals surface area contributed by atoms with Gasteiger partial charge < -0.3 is 15.0 Å². The van der Waals surface area contributed by atoms with Gasteiger partial charge in [-0.15, -0.1) is 0 Å². The molecule has 0 bridgehead atoms. The van der Waals surface area contributed by atoms with Crippen LogP contribution in [-0.4, -0.2) is 41.6 Å². The normalized spacial score (nSPS) is 14.9. The number of nitrogens with zero attached hydrogens (tertiary/aromatic N) is 1. The van der Waals surface area contributed by atoms with Gasteiger partial charge in [-0.2, -0.15) is 0 Å². The van der Waals surface area contributed by atoms with Gasteiger partial charge in [0, 0.05) is 24.5 Å². The zero-order valence-corrected chi connectivity index (χ0v) is 15.9. The molecule has 1 aromatic carbocycles. The predicted molar refractivity (Wildman–Crippen MR) is 101 cm³/mol. The summed E-state index contributed by atoms with van der Waals surface area (Å²) in [5.41, 5.74) is 0.945. The van der Waals surface area contributed by atoms with Gasteiger partial charge in [-0.3, -0.25) is 9.59 Å². The van der Waals surface area contributed by atoms with Gasteiger partial charge in [-0.1, -0.05) is 29.8 Å². The van der Waals surface area contributed by atoms with E-state index in [0.717, 1.165) is 5.56 Å². The minimum Gasteiger partial charge on any atom is -0.466 e. The summed E-state index contributed by atoms with van der Waals surface area (Å²) in [6, 6.07) is 7.49. The number of nitrogens with one attached hydrogen (secondary N) is 1. The molecule has 0 aromatic heterocycles. The number of rotatable bonds is 5. The van der Waals surface area contributed by atoms with Crippen molar-refractivity contribution in [2.45, 2.75) is 32.6 Å². The Hall–Kier alpha value is -1.66. The zero-order valence-electron chi connectivity index (χ0n) is 14.3. The fourth-order valence-electron chi connectivity index (χ4n) is 2.79. The van der Waals surface area contributed by atoms with Gasteiger partial charge in [0.1, 0.15) is 0 Å². The summed E-state index contributed by atoms with van der Waals surface area (Å²) in [5.74, 6) is -0.343. The molecule has 1 aliphatic heterocycles. The number of halogens is 1. The quantitative estimate of drug-likeness (QED) is 0.626. The van der Waals surface area contributed by atoms with Crippen LogP contribution in [0.5, 0.6) is 0 Å². The van der Waals surface area contributed by atoms with Crippen LogP contribution in [0.2, 0.25) is 5.02 Å². The Bertz CT molecular complexity index is 631. The van der Waals surface area contributed by atoms with E-state index in [-0.39, 0.29) is 17.8 Å². The van der Waals surface area contributed by atoms with Crippen molar-refractivity contribution in [1.82, 2.24) is 10.2 Å². The molecule has 25 heavy (non-hydrogen) atoms. The maximum absolute atomic E-state index is 12.1. The molecule has 7 heteroatoms. The number of ether oxygens (including phenoxy) is 1. The number of piperidine rings is 1. The average molecular weight is 383 g/mol. The fourth-order valence-corrected chi connectivity index (χ4v) is 3.32. The van der Waals surface area contributed by atoms with Crippen LogP contribution >= 0.6 is 23.8 Å². The van der Waals surface area contributed by atoms with Gasteiger partial charge in [0.2, 0.25) is 5.91 Å². The molecule has 136 valence electrons. The Kier molecular flexibility index (Phi) is 7.65. The first-order valence-corrected chi connectivity index (χ1v) is 9.28. The van der Waals surface area contributed by atoms with E-state index in [1.807, 2.05) is 29.2 Å². The first-order valence-electron chi connectivity index (χ1n) is 8.50. The second-order valence-corrected chi connectivity index (χ2v) is 6.75. The highest BCUT2D eigenvalue weighted by Crippen LogP contribution is 2.19. The number of benzene rings is 1. The van der Waals surface area contributed by atoms with Crippen molar-refractivity contribution in [1.29, 1.82) is 0 Å². The largest absolute Gasteiger partial charge is 0.466 e. The summed E-state index contributed by atoms with van der Waals surface area (Å²) in [4.78, 5) is 25.8. The van der Waals surface area contributed by atoms with Gasteiger partial charge in [-0.05, 0) is 50.0 Å². The van der Waals surface area contributed by atoms with E-state index in [1.54, 1.807) is 6.92 Å². The Morgan fingerprint density at radius 2 is 2.00 bits per heavy atom. The molecule has 0 atom stereocenters. The highest BCUT2D eigenvalue weighted by molar-refractivity contribution is 7.80. The van der Waals surface area contributed by atoms with Crippen molar-refractivity contribution < 1.29 is 14.3 Å². The average Bonchev–Trinajstić information content (AvgIpc) is 2.61. The summed E-state index contributed by atoms with van der Waals surface area (Å²) in [5, 5.41) is 3.86. The highest BCUT2D eigenvalue weighted by Gasteiger charge is 2.27. The first-order chi connectivity index (χ1) is 12.0. The number of carbonyl (C=O) groups is 2. The highest BCUT2D eigenvalue weighted by atomic mass is 35.5. The van der Waals surface area contributed by atoms with Crippen molar-refractivity contribution in [3.05, 3.63) is 34.9 Å².